The summed E-state index contributed by atoms with van der Waals surface area (Å²) in [6.45, 7) is 4.24. The second-order valence-electron chi connectivity index (χ2n) is 3.91. The molecule has 0 spiro atoms. The minimum absolute atomic E-state index is 0.158. The molecule has 1 aromatic rings. The lowest BCUT2D eigenvalue weighted by atomic mass is 9.90. The van der Waals surface area contributed by atoms with Crippen LogP contribution < -0.4 is 0 Å². The molecule has 0 aliphatic heterocycles. The zero-order valence-electron chi connectivity index (χ0n) is 9.39. The van der Waals surface area contributed by atoms with Crippen molar-refractivity contribution in [3.63, 3.8) is 0 Å². The van der Waals surface area contributed by atoms with Gasteiger partial charge in [-0.3, -0.25) is 0 Å². The SMILES string of the molecule is CCCC(CCC)c1c(F)cccc1Cl. The molecule has 0 unspecified atom stereocenters. The summed E-state index contributed by atoms with van der Waals surface area (Å²) in [6.07, 6.45) is 4.15. The van der Waals surface area contributed by atoms with Crippen LogP contribution in [-0.4, -0.2) is 0 Å². The molecule has 1 aromatic carbocycles. The molecule has 0 saturated heterocycles. The summed E-state index contributed by atoms with van der Waals surface area (Å²) < 4.78 is 13.7. The van der Waals surface area contributed by atoms with E-state index in [2.05, 4.69) is 13.8 Å². The van der Waals surface area contributed by atoms with Crippen molar-refractivity contribution in [2.24, 2.45) is 0 Å². The molecule has 0 amide bonds. The summed E-state index contributed by atoms with van der Waals surface area (Å²) in [4.78, 5) is 0. The van der Waals surface area contributed by atoms with Crippen LogP contribution >= 0.6 is 11.6 Å². The van der Waals surface area contributed by atoms with Crippen LogP contribution in [0, 0.1) is 5.82 Å². The monoisotopic (exact) mass is 228 g/mol. The molecule has 0 aromatic heterocycles. The molecular formula is C13H18ClF. The van der Waals surface area contributed by atoms with E-state index in [1.54, 1.807) is 12.1 Å². The molecule has 1 rings (SSSR count). The smallest absolute Gasteiger partial charge is 0.128 e. The second-order valence-corrected chi connectivity index (χ2v) is 4.32. The van der Waals surface area contributed by atoms with Gasteiger partial charge < -0.3 is 0 Å². The summed E-state index contributed by atoms with van der Waals surface area (Å²) in [5.41, 5.74) is 0.711. The third kappa shape index (κ3) is 3.20. The molecule has 0 N–H and O–H groups in total. The van der Waals surface area contributed by atoms with Gasteiger partial charge in [0.1, 0.15) is 5.82 Å². The van der Waals surface area contributed by atoms with E-state index >= 15 is 0 Å². The Hall–Kier alpha value is -0.560. The van der Waals surface area contributed by atoms with Gasteiger partial charge in [-0.2, -0.15) is 0 Å². The quantitative estimate of drug-likeness (QED) is 0.653. The summed E-state index contributed by atoms with van der Waals surface area (Å²) in [7, 11) is 0. The zero-order chi connectivity index (χ0) is 11.3. The standard InChI is InChI=1S/C13H18ClF/c1-3-6-10(7-4-2)13-11(14)8-5-9-12(13)15/h5,8-10H,3-4,6-7H2,1-2H3. The first-order valence-electron chi connectivity index (χ1n) is 5.64. The Kier molecular flexibility index (Phi) is 5.10. The van der Waals surface area contributed by atoms with Gasteiger partial charge in [-0.1, -0.05) is 44.4 Å². The van der Waals surface area contributed by atoms with Crippen molar-refractivity contribution in [3.8, 4) is 0 Å². The lowest BCUT2D eigenvalue weighted by Gasteiger charge is -2.17. The summed E-state index contributed by atoms with van der Waals surface area (Å²) in [5, 5.41) is 0.571. The molecular weight excluding hydrogens is 211 g/mol. The normalized spacial score (nSPS) is 11.0. The summed E-state index contributed by atoms with van der Waals surface area (Å²) in [5.74, 6) is 0.114. The maximum atomic E-state index is 13.7. The van der Waals surface area contributed by atoms with E-state index < -0.39 is 0 Å². The third-order valence-corrected chi connectivity index (χ3v) is 3.01. The van der Waals surface area contributed by atoms with E-state index in [9.17, 15) is 4.39 Å². The first-order chi connectivity index (χ1) is 7.20. The molecule has 0 aliphatic rings. The Morgan fingerprint density at radius 3 is 2.27 bits per heavy atom. The molecule has 0 nitrogen and oxygen atoms in total. The van der Waals surface area contributed by atoms with Crippen LogP contribution in [0.3, 0.4) is 0 Å². The van der Waals surface area contributed by atoms with E-state index in [-0.39, 0.29) is 11.7 Å². The van der Waals surface area contributed by atoms with Gasteiger partial charge in [-0.05, 0) is 30.9 Å². The van der Waals surface area contributed by atoms with Crippen molar-refractivity contribution >= 4 is 11.6 Å². The lowest BCUT2D eigenvalue weighted by Crippen LogP contribution is -2.02. The highest BCUT2D eigenvalue weighted by Crippen LogP contribution is 2.33. The number of hydrogen-bond acceptors (Lipinski definition) is 0. The van der Waals surface area contributed by atoms with Crippen LogP contribution in [0.4, 0.5) is 4.39 Å². The fraction of sp³-hybridized carbons (Fsp3) is 0.538. The van der Waals surface area contributed by atoms with Gasteiger partial charge in [0.15, 0.2) is 0 Å². The largest absolute Gasteiger partial charge is 0.207 e. The molecule has 0 atom stereocenters. The van der Waals surface area contributed by atoms with Crippen molar-refractivity contribution in [3.05, 3.63) is 34.6 Å². The average molecular weight is 229 g/mol. The molecule has 2 heteroatoms. The summed E-state index contributed by atoms with van der Waals surface area (Å²) >= 11 is 6.06. The average Bonchev–Trinajstić information content (AvgIpc) is 2.18. The second kappa shape index (κ2) is 6.12. The van der Waals surface area contributed by atoms with E-state index in [0.29, 0.717) is 10.6 Å². The van der Waals surface area contributed by atoms with E-state index in [1.807, 2.05) is 0 Å². The van der Waals surface area contributed by atoms with Gasteiger partial charge in [0.05, 0.1) is 0 Å². The molecule has 0 saturated carbocycles. The van der Waals surface area contributed by atoms with Crippen molar-refractivity contribution in [2.45, 2.75) is 45.4 Å². The highest BCUT2D eigenvalue weighted by Gasteiger charge is 2.17. The topological polar surface area (TPSA) is 0 Å². The van der Waals surface area contributed by atoms with Crippen LogP contribution in [-0.2, 0) is 0 Å². The number of rotatable bonds is 5. The van der Waals surface area contributed by atoms with Crippen LogP contribution in [0.5, 0.6) is 0 Å². The number of benzene rings is 1. The minimum atomic E-state index is -0.158. The highest BCUT2D eigenvalue weighted by molar-refractivity contribution is 6.31. The fourth-order valence-corrected chi connectivity index (χ4v) is 2.35. The molecule has 0 radical (unpaired) electrons. The van der Waals surface area contributed by atoms with E-state index in [0.717, 1.165) is 25.7 Å². The molecule has 0 heterocycles. The Bertz CT molecular complexity index is 283. The molecule has 84 valence electrons. The Morgan fingerprint density at radius 1 is 1.20 bits per heavy atom. The molecule has 0 fully saturated rings. The van der Waals surface area contributed by atoms with Crippen LogP contribution in [0.25, 0.3) is 0 Å². The predicted octanol–water partition coefficient (Wildman–Crippen LogP) is 5.16. The van der Waals surface area contributed by atoms with Crippen molar-refractivity contribution in [1.29, 1.82) is 0 Å². The highest BCUT2D eigenvalue weighted by atomic mass is 35.5. The zero-order valence-corrected chi connectivity index (χ0v) is 10.1. The fourth-order valence-electron chi connectivity index (χ4n) is 2.03. The molecule has 15 heavy (non-hydrogen) atoms. The van der Waals surface area contributed by atoms with Crippen LogP contribution in [0.2, 0.25) is 5.02 Å². The maximum Gasteiger partial charge on any atom is 0.128 e. The van der Waals surface area contributed by atoms with Gasteiger partial charge in [0, 0.05) is 10.6 Å². The van der Waals surface area contributed by atoms with Gasteiger partial charge in [-0.15, -0.1) is 0 Å². The van der Waals surface area contributed by atoms with Gasteiger partial charge in [0.2, 0.25) is 0 Å². The van der Waals surface area contributed by atoms with Crippen molar-refractivity contribution in [1.82, 2.24) is 0 Å². The predicted molar refractivity (Wildman–Crippen MR) is 64.0 cm³/mol. The summed E-state index contributed by atoms with van der Waals surface area (Å²) in [6, 6.07) is 4.94. The van der Waals surface area contributed by atoms with Gasteiger partial charge >= 0.3 is 0 Å². The Morgan fingerprint density at radius 2 is 1.80 bits per heavy atom. The molecule has 0 aliphatic carbocycles. The van der Waals surface area contributed by atoms with Crippen molar-refractivity contribution < 1.29 is 4.39 Å². The number of halogens is 2. The first kappa shape index (κ1) is 12.5. The molecule has 0 bridgehead atoms. The van der Waals surface area contributed by atoms with Gasteiger partial charge in [-0.25, -0.2) is 4.39 Å². The Balaban J connectivity index is 2.98. The van der Waals surface area contributed by atoms with Crippen molar-refractivity contribution in [2.75, 3.05) is 0 Å². The van der Waals surface area contributed by atoms with Crippen LogP contribution in [0.1, 0.15) is 51.0 Å². The van der Waals surface area contributed by atoms with E-state index in [1.165, 1.54) is 6.07 Å². The number of hydrogen-bond donors (Lipinski definition) is 0. The third-order valence-electron chi connectivity index (χ3n) is 2.68. The van der Waals surface area contributed by atoms with Crippen LogP contribution in [0.15, 0.2) is 18.2 Å². The van der Waals surface area contributed by atoms with Gasteiger partial charge in [0.25, 0.3) is 0 Å². The minimum Gasteiger partial charge on any atom is -0.207 e. The maximum absolute atomic E-state index is 13.7. The Labute approximate surface area is 96.5 Å². The lowest BCUT2D eigenvalue weighted by molar-refractivity contribution is 0.520. The first-order valence-corrected chi connectivity index (χ1v) is 6.02. The van der Waals surface area contributed by atoms with E-state index in [4.69, 9.17) is 11.6 Å².